The van der Waals surface area contributed by atoms with Crippen LogP contribution in [0.3, 0.4) is 0 Å². The lowest BCUT2D eigenvalue weighted by atomic mass is 10.2. The average molecular weight is 392 g/mol. The molecule has 2 rings (SSSR count). The molecule has 9 heteroatoms. The number of thiazole rings is 1. The van der Waals surface area contributed by atoms with Gasteiger partial charge in [-0.15, -0.1) is 11.3 Å². The van der Waals surface area contributed by atoms with E-state index in [9.17, 15) is 14.4 Å². The van der Waals surface area contributed by atoms with Crippen molar-refractivity contribution >= 4 is 34.3 Å². The molecule has 0 saturated carbocycles. The highest BCUT2D eigenvalue weighted by atomic mass is 32.1. The number of ether oxygens (including phenoxy) is 3. The molecule has 144 valence electrons. The normalized spacial score (nSPS) is 10.4. The van der Waals surface area contributed by atoms with E-state index < -0.39 is 24.5 Å². The summed E-state index contributed by atoms with van der Waals surface area (Å²) in [5, 5.41) is 4.46. The quantitative estimate of drug-likeness (QED) is 0.688. The standard InChI is InChI=1S/C18H20N2O6S/c1-11(2)26-14-6-4-12(5-7-14)17(23)25-9-15(21)20-18-19-13(10-27-18)8-16(22)24-3/h4-7,10-11H,8-9H2,1-3H3,(H,19,20,21). The van der Waals surface area contributed by atoms with Gasteiger partial charge in [0.25, 0.3) is 5.91 Å². The lowest BCUT2D eigenvalue weighted by Crippen LogP contribution is -2.21. The second-order valence-electron chi connectivity index (χ2n) is 5.71. The van der Waals surface area contributed by atoms with E-state index in [2.05, 4.69) is 15.0 Å². The molecular weight excluding hydrogens is 372 g/mol. The zero-order chi connectivity index (χ0) is 19.8. The summed E-state index contributed by atoms with van der Waals surface area (Å²) in [7, 11) is 1.29. The number of benzene rings is 1. The van der Waals surface area contributed by atoms with Crippen molar-refractivity contribution in [2.75, 3.05) is 19.0 Å². The van der Waals surface area contributed by atoms with E-state index in [0.29, 0.717) is 22.1 Å². The van der Waals surface area contributed by atoms with Gasteiger partial charge in [0.1, 0.15) is 5.75 Å². The largest absolute Gasteiger partial charge is 0.491 e. The van der Waals surface area contributed by atoms with Gasteiger partial charge in [-0.05, 0) is 38.1 Å². The summed E-state index contributed by atoms with van der Waals surface area (Å²) in [4.78, 5) is 39.1. The van der Waals surface area contributed by atoms with Gasteiger partial charge in [0.2, 0.25) is 0 Å². The van der Waals surface area contributed by atoms with E-state index in [-0.39, 0.29) is 12.5 Å². The Morgan fingerprint density at radius 2 is 1.89 bits per heavy atom. The first-order valence-electron chi connectivity index (χ1n) is 8.12. The van der Waals surface area contributed by atoms with Gasteiger partial charge < -0.3 is 14.2 Å². The molecule has 1 aromatic carbocycles. The molecule has 0 bridgehead atoms. The topological polar surface area (TPSA) is 104 Å². The molecule has 0 atom stereocenters. The van der Waals surface area contributed by atoms with E-state index in [4.69, 9.17) is 9.47 Å². The van der Waals surface area contributed by atoms with Gasteiger partial charge in [0.05, 0.1) is 30.9 Å². The minimum atomic E-state index is -0.619. The lowest BCUT2D eigenvalue weighted by Gasteiger charge is -2.10. The smallest absolute Gasteiger partial charge is 0.338 e. The monoisotopic (exact) mass is 392 g/mol. The minimum Gasteiger partial charge on any atom is -0.491 e. The summed E-state index contributed by atoms with van der Waals surface area (Å²) in [6, 6.07) is 6.46. The Morgan fingerprint density at radius 3 is 2.52 bits per heavy atom. The molecule has 8 nitrogen and oxygen atoms in total. The first kappa shape index (κ1) is 20.4. The summed E-state index contributed by atoms with van der Waals surface area (Å²) in [6.07, 6.45) is 0.0551. The molecule has 1 aromatic heterocycles. The van der Waals surface area contributed by atoms with Crippen molar-refractivity contribution in [2.24, 2.45) is 0 Å². The van der Waals surface area contributed by atoms with Gasteiger partial charge >= 0.3 is 11.9 Å². The Morgan fingerprint density at radius 1 is 1.19 bits per heavy atom. The van der Waals surface area contributed by atoms with Crippen molar-refractivity contribution in [3.05, 3.63) is 40.9 Å². The van der Waals surface area contributed by atoms with Crippen LogP contribution in [0.4, 0.5) is 5.13 Å². The van der Waals surface area contributed by atoms with Crippen molar-refractivity contribution in [2.45, 2.75) is 26.4 Å². The predicted octanol–water partition coefficient (Wildman–Crippen LogP) is 2.44. The Balaban J connectivity index is 1.81. The average Bonchev–Trinajstić information content (AvgIpc) is 3.06. The second kappa shape index (κ2) is 9.67. The van der Waals surface area contributed by atoms with Crippen molar-refractivity contribution in [3.63, 3.8) is 0 Å². The number of hydrogen-bond acceptors (Lipinski definition) is 8. The number of esters is 2. The second-order valence-corrected chi connectivity index (χ2v) is 6.57. The molecule has 1 N–H and O–H groups in total. The van der Waals surface area contributed by atoms with E-state index in [1.54, 1.807) is 29.6 Å². The molecule has 0 unspecified atom stereocenters. The van der Waals surface area contributed by atoms with Gasteiger partial charge in [-0.3, -0.25) is 14.9 Å². The molecular formula is C18H20N2O6S. The molecule has 0 radical (unpaired) electrons. The Labute approximate surface area is 160 Å². The van der Waals surface area contributed by atoms with E-state index in [1.165, 1.54) is 7.11 Å². The number of carbonyl (C=O) groups excluding carboxylic acids is 3. The number of rotatable bonds is 8. The molecule has 1 heterocycles. The zero-order valence-corrected chi connectivity index (χ0v) is 16.0. The lowest BCUT2D eigenvalue weighted by molar-refractivity contribution is -0.139. The number of nitrogens with one attached hydrogen (secondary N) is 1. The summed E-state index contributed by atoms with van der Waals surface area (Å²) in [6.45, 7) is 3.36. The minimum absolute atomic E-state index is 0.0222. The third-order valence-electron chi connectivity index (χ3n) is 3.15. The number of amides is 1. The molecule has 27 heavy (non-hydrogen) atoms. The molecule has 0 spiro atoms. The van der Waals surface area contributed by atoms with Crippen LogP contribution in [0.25, 0.3) is 0 Å². The van der Waals surface area contributed by atoms with E-state index in [0.717, 1.165) is 11.3 Å². The molecule has 0 fully saturated rings. The summed E-state index contributed by atoms with van der Waals surface area (Å²) in [5.41, 5.74) is 0.802. The molecule has 2 aromatic rings. The number of hydrogen-bond donors (Lipinski definition) is 1. The number of aromatic nitrogens is 1. The van der Waals surface area contributed by atoms with Crippen LogP contribution in [0.1, 0.15) is 29.9 Å². The summed E-state index contributed by atoms with van der Waals surface area (Å²) < 4.78 is 15.0. The highest BCUT2D eigenvalue weighted by Crippen LogP contribution is 2.17. The fourth-order valence-corrected chi connectivity index (χ4v) is 2.70. The first-order chi connectivity index (χ1) is 12.9. The van der Waals surface area contributed by atoms with Crippen LogP contribution < -0.4 is 10.1 Å². The van der Waals surface area contributed by atoms with Crippen LogP contribution in [0.5, 0.6) is 5.75 Å². The zero-order valence-electron chi connectivity index (χ0n) is 15.2. The third kappa shape index (κ3) is 6.70. The van der Waals surface area contributed by atoms with Gasteiger partial charge in [0, 0.05) is 5.38 Å². The fourth-order valence-electron chi connectivity index (χ4n) is 1.98. The predicted molar refractivity (Wildman–Crippen MR) is 99.0 cm³/mol. The van der Waals surface area contributed by atoms with Crippen LogP contribution >= 0.6 is 11.3 Å². The van der Waals surface area contributed by atoms with E-state index >= 15 is 0 Å². The Bertz CT molecular complexity index is 800. The van der Waals surface area contributed by atoms with Gasteiger partial charge in [0.15, 0.2) is 11.7 Å². The van der Waals surface area contributed by atoms with E-state index in [1.807, 2.05) is 13.8 Å². The highest BCUT2D eigenvalue weighted by molar-refractivity contribution is 7.13. The van der Waals surface area contributed by atoms with Crippen molar-refractivity contribution in [1.82, 2.24) is 4.98 Å². The Kier molecular flexibility index (Phi) is 7.30. The van der Waals surface area contributed by atoms with Crippen LogP contribution in [0.2, 0.25) is 0 Å². The van der Waals surface area contributed by atoms with Crippen molar-refractivity contribution in [3.8, 4) is 5.75 Å². The highest BCUT2D eigenvalue weighted by Gasteiger charge is 2.13. The Hall–Kier alpha value is -2.94. The molecule has 1 amide bonds. The van der Waals surface area contributed by atoms with Gasteiger partial charge in [-0.25, -0.2) is 9.78 Å². The third-order valence-corrected chi connectivity index (χ3v) is 3.95. The number of anilines is 1. The maximum atomic E-state index is 12.0. The van der Waals surface area contributed by atoms with Crippen LogP contribution in [-0.2, 0) is 25.5 Å². The molecule has 0 aliphatic carbocycles. The number of carbonyl (C=O) groups is 3. The van der Waals surface area contributed by atoms with Gasteiger partial charge in [-0.1, -0.05) is 0 Å². The number of nitrogens with zero attached hydrogens (tertiary/aromatic N) is 1. The SMILES string of the molecule is COC(=O)Cc1csc(NC(=O)COC(=O)c2ccc(OC(C)C)cc2)n1. The van der Waals surface area contributed by atoms with Crippen molar-refractivity contribution < 1.29 is 28.6 Å². The molecule has 0 aliphatic heterocycles. The van der Waals surface area contributed by atoms with Crippen LogP contribution in [0.15, 0.2) is 29.6 Å². The van der Waals surface area contributed by atoms with Crippen LogP contribution in [-0.4, -0.2) is 42.7 Å². The molecule has 0 aliphatic rings. The number of methoxy groups -OCH3 is 1. The molecule has 0 saturated heterocycles. The van der Waals surface area contributed by atoms with Crippen LogP contribution in [0, 0.1) is 0 Å². The van der Waals surface area contributed by atoms with Crippen molar-refractivity contribution in [1.29, 1.82) is 0 Å². The maximum absolute atomic E-state index is 12.0. The summed E-state index contributed by atoms with van der Waals surface area (Å²) in [5.74, 6) is -0.920. The fraction of sp³-hybridized carbons (Fsp3) is 0.333. The summed E-state index contributed by atoms with van der Waals surface area (Å²) >= 11 is 1.16. The van der Waals surface area contributed by atoms with Gasteiger partial charge in [-0.2, -0.15) is 0 Å². The first-order valence-corrected chi connectivity index (χ1v) is 9.00. The maximum Gasteiger partial charge on any atom is 0.338 e.